The normalized spacial score (nSPS) is 10.8. The number of nitrogens with two attached hydrogens (primary N) is 2. The van der Waals surface area contributed by atoms with E-state index >= 15 is 0 Å². The third-order valence-electron chi connectivity index (χ3n) is 1.70. The molecule has 0 amide bonds. The molecule has 0 radical (unpaired) electrons. The summed E-state index contributed by atoms with van der Waals surface area (Å²) in [5.41, 5.74) is 12.1. The number of aromatic hydroxyl groups is 1. The van der Waals surface area contributed by atoms with E-state index in [9.17, 15) is 5.11 Å². The first kappa shape index (κ1) is 9.61. The molecule has 3 nitrogen and oxygen atoms in total. The summed E-state index contributed by atoms with van der Waals surface area (Å²) in [5, 5.41) is 9.27. The quantitative estimate of drug-likeness (QED) is 0.483. The molecule has 0 spiro atoms. The molecule has 13 heavy (non-hydrogen) atoms. The minimum atomic E-state index is 0.120. The first-order valence-electron chi connectivity index (χ1n) is 4.19. The molecule has 70 valence electrons. The van der Waals surface area contributed by atoms with Gasteiger partial charge in [-0.1, -0.05) is 18.2 Å². The number of phenols is 1. The van der Waals surface area contributed by atoms with Gasteiger partial charge in [-0.05, 0) is 30.7 Å². The largest absolute Gasteiger partial charge is 0.506 e. The Morgan fingerprint density at radius 3 is 2.77 bits per heavy atom. The van der Waals surface area contributed by atoms with Crippen molar-refractivity contribution < 1.29 is 5.11 Å². The molecular formula is C10H14N2O. The van der Waals surface area contributed by atoms with Crippen LogP contribution in [0.3, 0.4) is 0 Å². The highest BCUT2D eigenvalue weighted by atomic mass is 16.3. The van der Waals surface area contributed by atoms with Crippen molar-refractivity contribution in [3.8, 4) is 5.75 Å². The molecule has 0 aliphatic heterocycles. The number of nitrogen functional groups attached to an aromatic ring is 1. The fourth-order valence-electron chi connectivity index (χ4n) is 0.980. The second kappa shape index (κ2) is 4.52. The zero-order valence-electron chi connectivity index (χ0n) is 7.40. The molecule has 0 saturated carbocycles. The van der Waals surface area contributed by atoms with E-state index in [1.54, 1.807) is 12.1 Å². The molecule has 1 aromatic carbocycles. The topological polar surface area (TPSA) is 72.3 Å². The number of hydrogen-bond acceptors (Lipinski definition) is 3. The van der Waals surface area contributed by atoms with Crippen LogP contribution in [0, 0.1) is 0 Å². The van der Waals surface area contributed by atoms with Gasteiger partial charge in [0.1, 0.15) is 5.75 Å². The van der Waals surface area contributed by atoms with Crippen LogP contribution in [-0.4, -0.2) is 11.7 Å². The van der Waals surface area contributed by atoms with Crippen molar-refractivity contribution in [2.45, 2.75) is 6.42 Å². The molecule has 0 fully saturated rings. The summed E-state index contributed by atoms with van der Waals surface area (Å²) in [6.07, 6.45) is 4.71. The maximum atomic E-state index is 9.27. The van der Waals surface area contributed by atoms with Crippen molar-refractivity contribution in [2.24, 2.45) is 5.73 Å². The van der Waals surface area contributed by atoms with E-state index < -0.39 is 0 Å². The van der Waals surface area contributed by atoms with Gasteiger partial charge in [-0.3, -0.25) is 0 Å². The van der Waals surface area contributed by atoms with Crippen LogP contribution < -0.4 is 11.5 Å². The molecule has 0 saturated heterocycles. The lowest BCUT2D eigenvalue weighted by molar-refractivity contribution is 0.478. The molecule has 0 aliphatic carbocycles. The van der Waals surface area contributed by atoms with Crippen LogP contribution >= 0.6 is 0 Å². The second-order valence-electron chi connectivity index (χ2n) is 2.80. The van der Waals surface area contributed by atoms with E-state index in [-0.39, 0.29) is 5.75 Å². The van der Waals surface area contributed by atoms with Gasteiger partial charge in [0.25, 0.3) is 0 Å². The zero-order valence-corrected chi connectivity index (χ0v) is 7.40. The summed E-state index contributed by atoms with van der Waals surface area (Å²) < 4.78 is 0. The number of benzene rings is 1. The van der Waals surface area contributed by atoms with Crippen LogP contribution in [0.15, 0.2) is 24.3 Å². The number of hydrogen-bond donors (Lipinski definition) is 3. The molecule has 1 aromatic rings. The highest BCUT2D eigenvalue weighted by Crippen LogP contribution is 2.21. The van der Waals surface area contributed by atoms with Crippen molar-refractivity contribution >= 4 is 11.8 Å². The Morgan fingerprint density at radius 1 is 1.38 bits per heavy atom. The Labute approximate surface area is 77.7 Å². The van der Waals surface area contributed by atoms with Gasteiger partial charge in [0.2, 0.25) is 0 Å². The van der Waals surface area contributed by atoms with Gasteiger partial charge in [-0.25, -0.2) is 0 Å². The highest BCUT2D eigenvalue weighted by molar-refractivity contribution is 5.60. The summed E-state index contributed by atoms with van der Waals surface area (Å²) >= 11 is 0. The summed E-state index contributed by atoms with van der Waals surface area (Å²) in [4.78, 5) is 0. The summed E-state index contributed by atoms with van der Waals surface area (Å²) in [5.74, 6) is 0.120. The van der Waals surface area contributed by atoms with E-state index in [1.165, 1.54) is 0 Å². The fraction of sp³-hybridized carbons (Fsp3) is 0.200. The third-order valence-corrected chi connectivity index (χ3v) is 1.70. The molecular weight excluding hydrogens is 164 g/mol. The van der Waals surface area contributed by atoms with Gasteiger partial charge < -0.3 is 16.6 Å². The van der Waals surface area contributed by atoms with Crippen LogP contribution in [0.5, 0.6) is 5.75 Å². The number of rotatable bonds is 3. The zero-order chi connectivity index (χ0) is 9.68. The van der Waals surface area contributed by atoms with E-state index in [0.29, 0.717) is 12.2 Å². The average Bonchev–Trinajstić information content (AvgIpc) is 2.12. The van der Waals surface area contributed by atoms with Gasteiger partial charge >= 0.3 is 0 Å². The molecule has 0 aliphatic rings. The Morgan fingerprint density at radius 2 is 2.15 bits per heavy atom. The van der Waals surface area contributed by atoms with Crippen LogP contribution in [0.2, 0.25) is 0 Å². The van der Waals surface area contributed by atoms with E-state index in [1.807, 2.05) is 18.2 Å². The standard InChI is InChI=1S/C10H14N2O/c11-6-2-1-3-8-4-5-9(12)10(13)7-8/h1,3-5,7,13H,2,6,11-12H2. The van der Waals surface area contributed by atoms with Crippen LogP contribution in [0.1, 0.15) is 12.0 Å². The maximum absolute atomic E-state index is 9.27. The summed E-state index contributed by atoms with van der Waals surface area (Å²) in [6.45, 7) is 0.636. The van der Waals surface area contributed by atoms with Crippen molar-refractivity contribution in [1.82, 2.24) is 0 Å². The van der Waals surface area contributed by atoms with Crippen molar-refractivity contribution in [3.05, 3.63) is 29.8 Å². The van der Waals surface area contributed by atoms with Crippen molar-refractivity contribution in [3.63, 3.8) is 0 Å². The summed E-state index contributed by atoms with van der Waals surface area (Å²) in [7, 11) is 0. The third kappa shape index (κ3) is 2.80. The Hall–Kier alpha value is -1.48. The molecule has 5 N–H and O–H groups in total. The minimum absolute atomic E-state index is 0.120. The predicted molar refractivity (Wildman–Crippen MR) is 55.2 cm³/mol. The molecule has 3 heteroatoms. The van der Waals surface area contributed by atoms with Crippen LogP contribution in [0.4, 0.5) is 5.69 Å². The molecule has 1 rings (SSSR count). The molecule has 0 unspecified atom stereocenters. The number of anilines is 1. The first-order chi connectivity index (χ1) is 6.24. The number of phenolic OH excluding ortho intramolecular Hbond substituents is 1. The lowest BCUT2D eigenvalue weighted by atomic mass is 10.1. The second-order valence-corrected chi connectivity index (χ2v) is 2.80. The average molecular weight is 178 g/mol. The van der Waals surface area contributed by atoms with Gasteiger partial charge in [0, 0.05) is 0 Å². The van der Waals surface area contributed by atoms with Gasteiger partial charge in [0.05, 0.1) is 5.69 Å². The maximum Gasteiger partial charge on any atom is 0.139 e. The Kier molecular flexibility index (Phi) is 3.34. The fourth-order valence-corrected chi connectivity index (χ4v) is 0.980. The Bertz CT molecular complexity index is 308. The SMILES string of the molecule is NCCC=Cc1ccc(N)c(O)c1. The van der Waals surface area contributed by atoms with E-state index in [2.05, 4.69) is 0 Å². The first-order valence-corrected chi connectivity index (χ1v) is 4.19. The van der Waals surface area contributed by atoms with Crippen LogP contribution in [0.25, 0.3) is 6.08 Å². The predicted octanol–water partition coefficient (Wildman–Crippen LogP) is 1.34. The van der Waals surface area contributed by atoms with Crippen molar-refractivity contribution in [2.75, 3.05) is 12.3 Å². The molecule has 0 bridgehead atoms. The highest BCUT2D eigenvalue weighted by Gasteiger charge is 1.95. The minimum Gasteiger partial charge on any atom is -0.506 e. The van der Waals surface area contributed by atoms with Crippen LogP contribution in [-0.2, 0) is 0 Å². The van der Waals surface area contributed by atoms with Gasteiger partial charge in [-0.2, -0.15) is 0 Å². The molecule has 0 heterocycles. The smallest absolute Gasteiger partial charge is 0.139 e. The molecule has 0 atom stereocenters. The lowest BCUT2D eigenvalue weighted by Gasteiger charge is -1.99. The lowest BCUT2D eigenvalue weighted by Crippen LogP contribution is -1.94. The van der Waals surface area contributed by atoms with Crippen molar-refractivity contribution in [1.29, 1.82) is 0 Å². The van der Waals surface area contributed by atoms with E-state index in [4.69, 9.17) is 11.5 Å². The van der Waals surface area contributed by atoms with Gasteiger partial charge in [0.15, 0.2) is 0 Å². The van der Waals surface area contributed by atoms with Gasteiger partial charge in [-0.15, -0.1) is 0 Å². The van der Waals surface area contributed by atoms with E-state index in [0.717, 1.165) is 12.0 Å². The monoisotopic (exact) mass is 178 g/mol. The molecule has 0 aromatic heterocycles. The Balaban J connectivity index is 2.73. The summed E-state index contributed by atoms with van der Waals surface area (Å²) in [6, 6.07) is 5.15.